The highest BCUT2D eigenvalue weighted by Gasteiger charge is 2.29. The third kappa shape index (κ3) is 4.92. The Morgan fingerprint density at radius 3 is 2.39 bits per heavy atom. The Bertz CT molecular complexity index is 802. The van der Waals surface area contributed by atoms with Gasteiger partial charge >= 0.3 is 0 Å². The Labute approximate surface area is 168 Å². The van der Waals surface area contributed by atoms with Crippen LogP contribution in [0.4, 0.5) is 0 Å². The van der Waals surface area contributed by atoms with Crippen molar-refractivity contribution in [3.05, 3.63) is 34.9 Å². The maximum absolute atomic E-state index is 12.5. The lowest BCUT2D eigenvalue weighted by Crippen LogP contribution is -2.53. The van der Waals surface area contributed by atoms with Crippen LogP contribution < -0.4 is 5.32 Å². The lowest BCUT2D eigenvalue weighted by Gasteiger charge is -2.34. The first kappa shape index (κ1) is 21.2. The van der Waals surface area contributed by atoms with Gasteiger partial charge in [0.15, 0.2) is 0 Å². The highest BCUT2D eigenvalue weighted by molar-refractivity contribution is 7.86. The van der Waals surface area contributed by atoms with E-state index in [0.29, 0.717) is 32.7 Å². The van der Waals surface area contributed by atoms with E-state index in [1.165, 1.54) is 46.7 Å². The van der Waals surface area contributed by atoms with E-state index in [1.807, 2.05) is 11.8 Å². The number of carbonyl (C=O) groups is 1. The SMILES string of the molecule is C[C@@H](NC(=O)CN1CCN(S(=O)(=O)N(C)C)CC1)c1ccc2c(c1)CCCC2. The van der Waals surface area contributed by atoms with Crippen LogP contribution in [0.2, 0.25) is 0 Å². The van der Waals surface area contributed by atoms with E-state index in [4.69, 9.17) is 0 Å². The molecular formula is C20H32N4O3S. The summed E-state index contributed by atoms with van der Waals surface area (Å²) in [5, 5.41) is 3.09. The van der Waals surface area contributed by atoms with Gasteiger partial charge in [-0.2, -0.15) is 17.0 Å². The molecule has 1 saturated heterocycles. The third-order valence-corrected chi connectivity index (χ3v) is 7.68. The Balaban J connectivity index is 1.49. The van der Waals surface area contributed by atoms with Gasteiger partial charge in [0.25, 0.3) is 10.2 Å². The van der Waals surface area contributed by atoms with E-state index in [9.17, 15) is 13.2 Å². The number of benzene rings is 1. The molecule has 1 aromatic carbocycles. The standard InChI is InChI=1S/C20H32N4O3S/c1-16(18-9-8-17-6-4-5-7-19(17)14-18)21-20(25)15-23-10-12-24(13-11-23)28(26,27)22(2)3/h8-9,14,16H,4-7,10-13,15H2,1-3H3,(H,21,25)/t16-/m1/s1. The highest BCUT2D eigenvalue weighted by atomic mass is 32.2. The smallest absolute Gasteiger partial charge is 0.281 e. The molecule has 28 heavy (non-hydrogen) atoms. The van der Waals surface area contributed by atoms with E-state index in [-0.39, 0.29) is 11.9 Å². The number of piperazine rings is 1. The minimum absolute atomic E-state index is 0.0193. The summed E-state index contributed by atoms with van der Waals surface area (Å²) in [5.41, 5.74) is 4.01. The van der Waals surface area contributed by atoms with Crippen LogP contribution in [0, 0.1) is 0 Å². The molecule has 8 heteroatoms. The molecule has 156 valence electrons. The number of rotatable bonds is 6. The number of aryl methyl sites for hydroxylation is 2. The quantitative estimate of drug-likeness (QED) is 0.767. The molecule has 1 amide bonds. The molecule has 1 aliphatic heterocycles. The zero-order chi connectivity index (χ0) is 20.3. The van der Waals surface area contributed by atoms with Gasteiger partial charge in [-0.15, -0.1) is 0 Å². The average molecular weight is 409 g/mol. The molecule has 1 N–H and O–H groups in total. The minimum Gasteiger partial charge on any atom is -0.348 e. The molecule has 1 heterocycles. The number of nitrogens with one attached hydrogen (secondary N) is 1. The maximum Gasteiger partial charge on any atom is 0.281 e. The lowest BCUT2D eigenvalue weighted by atomic mass is 9.89. The van der Waals surface area contributed by atoms with E-state index >= 15 is 0 Å². The summed E-state index contributed by atoms with van der Waals surface area (Å²) in [4.78, 5) is 14.5. The largest absolute Gasteiger partial charge is 0.348 e. The summed E-state index contributed by atoms with van der Waals surface area (Å²) in [6.45, 7) is 4.26. The normalized spacial score (nSPS) is 20.0. The number of hydrogen-bond donors (Lipinski definition) is 1. The van der Waals surface area contributed by atoms with Gasteiger partial charge in [0.1, 0.15) is 0 Å². The molecule has 1 aliphatic carbocycles. The van der Waals surface area contributed by atoms with Crippen LogP contribution in [0.1, 0.15) is 42.5 Å². The molecule has 1 atom stereocenters. The van der Waals surface area contributed by atoms with Crippen LogP contribution in [0.25, 0.3) is 0 Å². The second kappa shape index (κ2) is 8.90. The van der Waals surface area contributed by atoms with E-state index in [2.05, 4.69) is 23.5 Å². The Kier molecular flexibility index (Phi) is 6.75. The van der Waals surface area contributed by atoms with Gasteiger partial charge in [-0.25, -0.2) is 0 Å². The van der Waals surface area contributed by atoms with E-state index in [1.54, 1.807) is 0 Å². The molecule has 7 nitrogen and oxygen atoms in total. The molecule has 1 aromatic rings. The van der Waals surface area contributed by atoms with Crippen LogP contribution in [0.3, 0.4) is 0 Å². The fourth-order valence-electron chi connectivity index (χ4n) is 3.95. The first-order chi connectivity index (χ1) is 13.3. The van der Waals surface area contributed by atoms with Crippen molar-refractivity contribution in [2.45, 2.75) is 38.6 Å². The van der Waals surface area contributed by atoms with Crippen molar-refractivity contribution in [3.63, 3.8) is 0 Å². The Morgan fingerprint density at radius 1 is 1.11 bits per heavy atom. The summed E-state index contributed by atoms with van der Waals surface area (Å²) in [7, 11) is -0.297. The number of hydrogen-bond acceptors (Lipinski definition) is 4. The molecular weight excluding hydrogens is 376 g/mol. The Morgan fingerprint density at radius 2 is 1.75 bits per heavy atom. The molecule has 2 aliphatic rings. The molecule has 1 fully saturated rings. The van der Waals surface area contributed by atoms with Crippen LogP contribution in [-0.2, 0) is 27.8 Å². The summed E-state index contributed by atoms with van der Waals surface area (Å²) in [6, 6.07) is 6.54. The van der Waals surface area contributed by atoms with Gasteiger partial charge in [-0.3, -0.25) is 9.69 Å². The first-order valence-electron chi connectivity index (χ1n) is 10.1. The van der Waals surface area contributed by atoms with Gasteiger partial charge < -0.3 is 5.32 Å². The molecule has 0 spiro atoms. The highest BCUT2D eigenvalue weighted by Crippen LogP contribution is 2.24. The van der Waals surface area contributed by atoms with Crippen molar-refractivity contribution in [2.75, 3.05) is 46.8 Å². The van der Waals surface area contributed by atoms with Gasteiger partial charge in [0, 0.05) is 40.3 Å². The fourth-order valence-corrected chi connectivity index (χ4v) is 5.03. The van der Waals surface area contributed by atoms with Crippen molar-refractivity contribution in [1.29, 1.82) is 0 Å². The van der Waals surface area contributed by atoms with E-state index < -0.39 is 10.2 Å². The maximum atomic E-state index is 12.5. The predicted octanol–water partition coefficient (Wildman–Crippen LogP) is 1.17. The van der Waals surface area contributed by atoms with Crippen molar-refractivity contribution >= 4 is 16.1 Å². The van der Waals surface area contributed by atoms with Crippen molar-refractivity contribution in [2.24, 2.45) is 0 Å². The number of nitrogens with zero attached hydrogens (tertiary/aromatic N) is 3. The number of amides is 1. The first-order valence-corrected chi connectivity index (χ1v) is 11.5. The second-order valence-electron chi connectivity index (χ2n) is 7.99. The fraction of sp³-hybridized carbons (Fsp3) is 0.650. The molecule has 0 radical (unpaired) electrons. The molecule has 3 rings (SSSR count). The minimum atomic E-state index is -3.38. The van der Waals surface area contributed by atoms with Crippen molar-refractivity contribution < 1.29 is 13.2 Å². The zero-order valence-electron chi connectivity index (χ0n) is 17.1. The monoisotopic (exact) mass is 408 g/mol. The van der Waals surface area contributed by atoms with Crippen LogP contribution in [0.15, 0.2) is 18.2 Å². The van der Waals surface area contributed by atoms with Gasteiger partial charge in [0.05, 0.1) is 12.6 Å². The predicted molar refractivity (Wildman–Crippen MR) is 110 cm³/mol. The topological polar surface area (TPSA) is 73.0 Å². The third-order valence-electron chi connectivity index (χ3n) is 5.74. The molecule has 0 unspecified atom stereocenters. The van der Waals surface area contributed by atoms with Crippen LogP contribution >= 0.6 is 0 Å². The summed E-state index contributed by atoms with van der Waals surface area (Å²) in [5.74, 6) is -0.0193. The van der Waals surface area contributed by atoms with E-state index in [0.717, 1.165) is 18.4 Å². The van der Waals surface area contributed by atoms with Gasteiger partial charge in [0.2, 0.25) is 5.91 Å². The Hall–Kier alpha value is -1.48. The van der Waals surface area contributed by atoms with Gasteiger partial charge in [-0.05, 0) is 49.3 Å². The molecule has 0 saturated carbocycles. The summed E-state index contributed by atoms with van der Waals surface area (Å²) in [6.07, 6.45) is 4.80. The van der Waals surface area contributed by atoms with Crippen molar-refractivity contribution in [1.82, 2.24) is 18.8 Å². The summed E-state index contributed by atoms with van der Waals surface area (Å²) < 4.78 is 27.0. The van der Waals surface area contributed by atoms with Crippen LogP contribution in [-0.4, -0.2) is 74.7 Å². The van der Waals surface area contributed by atoms with Crippen molar-refractivity contribution in [3.8, 4) is 0 Å². The zero-order valence-corrected chi connectivity index (χ0v) is 18.0. The lowest BCUT2D eigenvalue weighted by molar-refractivity contribution is -0.123. The molecule has 0 bridgehead atoms. The number of fused-ring (bicyclic) bond motifs is 1. The molecule has 0 aromatic heterocycles. The van der Waals surface area contributed by atoms with Crippen LogP contribution in [0.5, 0.6) is 0 Å². The average Bonchev–Trinajstić information content (AvgIpc) is 2.67. The summed E-state index contributed by atoms with van der Waals surface area (Å²) >= 11 is 0. The number of carbonyl (C=O) groups excluding carboxylic acids is 1. The van der Waals surface area contributed by atoms with Gasteiger partial charge in [-0.1, -0.05) is 18.2 Å². The second-order valence-corrected chi connectivity index (χ2v) is 10.1.